The van der Waals surface area contributed by atoms with Gasteiger partial charge in [-0.15, -0.1) is 0 Å². The van der Waals surface area contributed by atoms with E-state index in [1.54, 1.807) is 0 Å². The number of aryl methyl sites for hydroxylation is 2. The lowest BCUT2D eigenvalue weighted by atomic mass is 9.76. The van der Waals surface area contributed by atoms with Gasteiger partial charge in [0.05, 0.1) is 0 Å². The summed E-state index contributed by atoms with van der Waals surface area (Å²) in [4.78, 5) is 0. The molecule has 0 radical (unpaired) electrons. The zero-order valence-corrected chi connectivity index (χ0v) is 12.3. The molecule has 1 aliphatic rings. The highest BCUT2D eigenvalue weighted by atomic mass is 14.9. The molecule has 0 bridgehead atoms. The van der Waals surface area contributed by atoms with E-state index in [0.717, 1.165) is 11.8 Å². The molecular weight excluding hydrogens is 218 g/mol. The van der Waals surface area contributed by atoms with Crippen molar-refractivity contribution in [2.45, 2.75) is 52.5 Å². The number of hydrogen-bond acceptors (Lipinski definition) is 1. The third kappa shape index (κ3) is 2.95. The number of nitrogens with one attached hydrogen (secondary N) is 1. The fourth-order valence-electron chi connectivity index (χ4n) is 3.36. The zero-order valence-electron chi connectivity index (χ0n) is 12.3. The van der Waals surface area contributed by atoms with Crippen molar-refractivity contribution in [3.05, 3.63) is 34.9 Å². The Morgan fingerprint density at radius 3 is 2.39 bits per heavy atom. The minimum absolute atomic E-state index is 0.539. The standard InChI is InChI=1S/C17H27N/c1-12-6-9-15(10-7-12)17(18-4)16-11-13(2)5-8-14(16)3/h5,8,11-12,15,17-18H,6-7,9-10H2,1-4H3. The summed E-state index contributed by atoms with van der Waals surface area (Å²) >= 11 is 0. The molecule has 0 spiro atoms. The van der Waals surface area contributed by atoms with Crippen LogP contribution in [0.3, 0.4) is 0 Å². The lowest BCUT2D eigenvalue weighted by molar-refractivity contribution is 0.237. The summed E-state index contributed by atoms with van der Waals surface area (Å²) in [5.41, 5.74) is 4.32. The van der Waals surface area contributed by atoms with Gasteiger partial charge in [0.1, 0.15) is 0 Å². The van der Waals surface area contributed by atoms with Crippen LogP contribution in [0.25, 0.3) is 0 Å². The van der Waals surface area contributed by atoms with Gasteiger partial charge in [-0.25, -0.2) is 0 Å². The molecule has 18 heavy (non-hydrogen) atoms. The van der Waals surface area contributed by atoms with E-state index in [9.17, 15) is 0 Å². The summed E-state index contributed by atoms with van der Waals surface area (Å²) in [5, 5.41) is 3.57. The van der Waals surface area contributed by atoms with Gasteiger partial charge in [0, 0.05) is 6.04 Å². The molecule has 1 aromatic rings. The zero-order chi connectivity index (χ0) is 13.1. The quantitative estimate of drug-likeness (QED) is 0.832. The Hall–Kier alpha value is -0.820. The third-order valence-electron chi connectivity index (χ3n) is 4.61. The second-order valence-corrected chi connectivity index (χ2v) is 6.15. The van der Waals surface area contributed by atoms with Crippen LogP contribution >= 0.6 is 0 Å². The van der Waals surface area contributed by atoms with Gasteiger partial charge in [0.15, 0.2) is 0 Å². The SMILES string of the molecule is CNC(c1cc(C)ccc1C)C1CCC(C)CC1. The van der Waals surface area contributed by atoms with Gasteiger partial charge in [-0.05, 0) is 56.7 Å². The van der Waals surface area contributed by atoms with Crippen LogP contribution in [0.1, 0.15) is 55.3 Å². The van der Waals surface area contributed by atoms with Crippen molar-refractivity contribution in [2.24, 2.45) is 11.8 Å². The molecule has 1 N–H and O–H groups in total. The molecule has 0 aromatic heterocycles. The number of rotatable bonds is 3. The Balaban J connectivity index is 2.19. The molecule has 0 heterocycles. The van der Waals surface area contributed by atoms with Crippen molar-refractivity contribution in [2.75, 3.05) is 7.05 Å². The highest BCUT2D eigenvalue weighted by Crippen LogP contribution is 2.37. The summed E-state index contributed by atoms with van der Waals surface area (Å²) in [7, 11) is 2.12. The number of hydrogen-bond donors (Lipinski definition) is 1. The highest BCUT2D eigenvalue weighted by Gasteiger charge is 2.26. The van der Waals surface area contributed by atoms with Gasteiger partial charge in [0.25, 0.3) is 0 Å². The lowest BCUT2D eigenvalue weighted by Crippen LogP contribution is -2.29. The predicted molar refractivity (Wildman–Crippen MR) is 78.8 cm³/mol. The minimum atomic E-state index is 0.539. The monoisotopic (exact) mass is 245 g/mol. The minimum Gasteiger partial charge on any atom is -0.313 e. The first-order valence-corrected chi connectivity index (χ1v) is 7.36. The van der Waals surface area contributed by atoms with E-state index >= 15 is 0 Å². The lowest BCUT2D eigenvalue weighted by Gasteiger charge is -2.33. The predicted octanol–water partition coefficient (Wildman–Crippen LogP) is 4.39. The fourth-order valence-corrected chi connectivity index (χ4v) is 3.36. The van der Waals surface area contributed by atoms with Gasteiger partial charge in [-0.2, -0.15) is 0 Å². The van der Waals surface area contributed by atoms with Crippen LogP contribution in [0.5, 0.6) is 0 Å². The van der Waals surface area contributed by atoms with E-state index in [2.05, 4.69) is 51.3 Å². The second-order valence-electron chi connectivity index (χ2n) is 6.15. The van der Waals surface area contributed by atoms with Crippen molar-refractivity contribution in [3.8, 4) is 0 Å². The summed E-state index contributed by atoms with van der Waals surface area (Å²) in [6.45, 7) is 6.83. The molecule has 0 aliphatic heterocycles. The first-order valence-electron chi connectivity index (χ1n) is 7.36. The van der Waals surface area contributed by atoms with E-state index < -0.39 is 0 Å². The van der Waals surface area contributed by atoms with Crippen LogP contribution in [-0.2, 0) is 0 Å². The average Bonchev–Trinajstić information content (AvgIpc) is 2.37. The summed E-state index contributed by atoms with van der Waals surface area (Å²) in [6.07, 6.45) is 5.54. The molecule has 1 atom stereocenters. The third-order valence-corrected chi connectivity index (χ3v) is 4.61. The summed E-state index contributed by atoms with van der Waals surface area (Å²) in [5.74, 6) is 1.74. The van der Waals surface area contributed by atoms with Crippen LogP contribution in [0.15, 0.2) is 18.2 Å². The number of benzene rings is 1. The van der Waals surface area contributed by atoms with E-state index in [1.807, 2.05) is 0 Å². The molecule has 0 amide bonds. The molecule has 2 rings (SSSR count). The average molecular weight is 245 g/mol. The van der Waals surface area contributed by atoms with Crippen molar-refractivity contribution in [3.63, 3.8) is 0 Å². The maximum Gasteiger partial charge on any atom is 0.0348 e. The van der Waals surface area contributed by atoms with Gasteiger partial charge < -0.3 is 5.32 Å². The Morgan fingerprint density at radius 1 is 1.11 bits per heavy atom. The summed E-state index contributed by atoms with van der Waals surface area (Å²) < 4.78 is 0. The Bertz CT molecular complexity index is 389. The molecule has 0 saturated heterocycles. The fraction of sp³-hybridized carbons (Fsp3) is 0.647. The first kappa shape index (κ1) is 13.6. The molecule has 100 valence electrons. The Kier molecular flexibility index (Phi) is 4.45. The first-order chi connectivity index (χ1) is 8.61. The van der Waals surface area contributed by atoms with Crippen LogP contribution in [0.4, 0.5) is 0 Å². The van der Waals surface area contributed by atoms with Gasteiger partial charge in [-0.1, -0.05) is 43.5 Å². The van der Waals surface area contributed by atoms with Crippen LogP contribution in [0, 0.1) is 25.7 Å². The Morgan fingerprint density at radius 2 is 1.78 bits per heavy atom. The van der Waals surface area contributed by atoms with Crippen molar-refractivity contribution >= 4 is 0 Å². The van der Waals surface area contributed by atoms with Gasteiger partial charge in [0.2, 0.25) is 0 Å². The normalized spacial score (nSPS) is 26.0. The van der Waals surface area contributed by atoms with Crippen LogP contribution in [0.2, 0.25) is 0 Å². The van der Waals surface area contributed by atoms with E-state index in [4.69, 9.17) is 0 Å². The highest BCUT2D eigenvalue weighted by molar-refractivity contribution is 5.33. The Labute approximate surface area is 112 Å². The van der Waals surface area contributed by atoms with E-state index in [0.29, 0.717) is 6.04 Å². The molecule has 1 nitrogen and oxygen atoms in total. The molecule has 1 fully saturated rings. The maximum atomic E-state index is 3.57. The maximum absolute atomic E-state index is 3.57. The molecule has 1 saturated carbocycles. The van der Waals surface area contributed by atoms with E-state index in [-0.39, 0.29) is 0 Å². The van der Waals surface area contributed by atoms with Crippen LogP contribution < -0.4 is 5.32 Å². The molecule has 1 aliphatic carbocycles. The topological polar surface area (TPSA) is 12.0 Å². The van der Waals surface area contributed by atoms with E-state index in [1.165, 1.54) is 42.4 Å². The van der Waals surface area contributed by atoms with Gasteiger partial charge in [-0.3, -0.25) is 0 Å². The molecule has 1 unspecified atom stereocenters. The smallest absolute Gasteiger partial charge is 0.0348 e. The summed E-state index contributed by atoms with van der Waals surface area (Å²) in [6, 6.07) is 7.39. The molecule has 1 aromatic carbocycles. The molecule has 1 heteroatoms. The van der Waals surface area contributed by atoms with Gasteiger partial charge >= 0.3 is 0 Å². The molecular formula is C17H27N. The van der Waals surface area contributed by atoms with Crippen LogP contribution in [-0.4, -0.2) is 7.05 Å². The second kappa shape index (κ2) is 5.88. The van der Waals surface area contributed by atoms with Crippen molar-refractivity contribution in [1.29, 1.82) is 0 Å². The largest absolute Gasteiger partial charge is 0.313 e. The van der Waals surface area contributed by atoms with Crippen molar-refractivity contribution in [1.82, 2.24) is 5.32 Å². The van der Waals surface area contributed by atoms with Crippen molar-refractivity contribution < 1.29 is 0 Å².